The smallest absolute Gasteiger partial charge is 0.241 e. The molecule has 3 aliphatic rings. The average molecular weight is 353 g/mol. The Morgan fingerprint density at radius 3 is 2.00 bits per heavy atom. The first-order chi connectivity index (χ1) is 13.2. The van der Waals surface area contributed by atoms with Crippen molar-refractivity contribution in [1.29, 1.82) is 0 Å². The normalized spacial score (nSPS) is 17.3. The molecular weight excluding hydrogens is 338 g/mol. The predicted molar refractivity (Wildman–Crippen MR) is 109 cm³/mol. The van der Waals surface area contributed by atoms with Crippen LogP contribution in [-0.2, 0) is 0 Å². The maximum Gasteiger partial charge on any atom is 0.241 e. The molecule has 27 heavy (non-hydrogen) atoms. The lowest BCUT2D eigenvalue weighted by Crippen LogP contribution is -2.41. The first-order valence-electron chi connectivity index (χ1n) is 8.44. The Morgan fingerprint density at radius 2 is 1.33 bits per heavy atom. The van der Waals surface area contributed by atoms with Gasteiger partial charge in [-0.3, -0.25) is 0 Å². The lowest BCUT2D eigenvalue weighted by atomic mass is 10.1. The monoisotopic (exact) mass is 353 g/mol. The summed E-state index contributed by atoms with van der Waals surface area (Å²) in [5.41, 5.74) is 15.0. The first kappa shape index (κ1) is 15.3. The molecular formula is C20H15N7. The number of allylic oxidation sites excluding steroid dienone is 2. The molecule has 0 aromatic heterocycles. The summed E-state index contributed by atoms with van der Waals surface area (Å²) in [6.45, 7) is 0. The summed E-state index contributed by atoms with van der Waals surface area (Å²) >= 11 is 0. The van der Waals surface area contributed by atoms with Crippen molar-refractivity contribution in [2.24, 2.45) is 20.0 Å². The highest BCUT2D eigenvalue weighted by Crippen LogP contribution is 2.27. The highest BCUT2D eigenvalue weighted by atomic mass is 15.4. The molecule has 0 spiro atoms. The lowest BCUT2D eigenvalue weighted by molar-refractivity contribution is 0.711. The Labute approximate surface area is 155 Å². The minimum Gasteiger partial charge on any atom is -0.398 e. The fourth-order valence-corrected chi connectivity index (χ4v) is 3.09. The number of guanidine groups is 1. The number of aliphatic imine (C=N–C) groups is 4. The SMILES string of the molecule is Nc1ccccc1C1=NC2=CC=CC3=NC(c4ccccc4N)=NC(=N1)N23. The molecule has 0 saturated carbocycles. The molecule has 0 amide bonds. The molecule has 0 radical (unpaired) electrons. The highest BCUT2D eigenvalue weighted by molar-refractivity contribution is 6.26. The topological polar surface area (TPSA) is 105 Å². The van der Waals surface area contributed by atoms with Crippen LogP contribution in [0.5, 0.6) is 0 Å². The Balaban J connectivity index is 1.68. The standard InChI is InChI=1S/C20H15N7/c21-14-8-3-1-6-12(14)18-23-16-10-5-11-17-24-19(26-20(25-18)27(16)17)13-7-2-4-9-15(13)22/h1-11H,21-22H2. The van der Waals surface area contributed by atoms with Crippen LogP contribution in [0.4, 0.5) is 11.4 Å². The van der Waals surface area contributed by atoms with Crippen LogP contribution in [-0.4, -0.2) is 28.4 Å². The number of rotatable bonds is 2. The Bertz CT molecular complexity index is 1100. The van der Waals surface area contributed by atoms with Gasteiger partial charge in [0.25, 0.3) is 0 Å². The van der Waals surface area contributed by atoms with E-state index in [1.807, 2.05) is 71.7 Å². The van der Waals surface area contributed by atoms with Gasteiger partial charge in [-0.1, -0.05) is 30.3 Å². The highest BCUT2D eigenvalue weighted by Gasteiger charge is 2.31. The van der Waals surface area contributed by atoms with Gasteiger partial charge in [-0.25, -0.2) is 14.9 Å². The van der Waals surface area contributed by atoms with Crippen LogP contribution in [0.2, 0.25) is 0 Å². The van der Waals surface area contributed by atoms with E-state index in [1.165, 1.54) is 0 Å². The molecule has 5 rings (SSSR count). The van der Waals surface area contributed by atoms with Crippen molar-refractivity contribution in [1.82, 2.24) is 4.90 Å². The summed E-state index contributed by atoms with van der Waals surface area (Å²) in [5.74, 6) is 2.92. The summed E-state index contributed by atoms with van der Waals surface area (Å²) < 4.78 is 0. The minimum absolute atomic E-state index is 0.488. The Hall–Kier alpha value is -4.00. The van der Waals surface area contributed by atoms with Gasteiger partial charge in [0.15, 0.2) is 11.7 Å². The van der Waals surface area contributed by atoms with Crippen LogP contribution >= 0.6 is 0 Å². The number of para-hydroxylation sites is 2. The summed E-state index contributed by atoms with van der Waals surface area (Å²) in [5, 5.41) is 0. The lowest BCUT2D eigenvalue weighted by Gasteiger charge is -2.31. The fourth-order valence-electron chi connectivity index (χ4n) is 3.09. The molecule has 2 aromatic rings. The maximum atomic E-state index is 6.11. The fraction of sp³-hybridized carbons (Fsp3) is 0. The Kier molecular flexibility index (Phi) is 3.26. The van der Waals surface area contributed by atoms with Gasteiger partial charge in [0.05, 0.1) is 0 Å². The van der Waals surface area contributed by atoms with Gasteiger partial charge in [0, 0.05) is 22.5 Å². The van der Waals surface area contributed by atoms with E-state index in [0.717, 1.165) is 11.1 Å². The van der Waals surface area contributed by atoms with Crippen LogP contribution in [0.15, 0.2) is 92.5 Å². The number of nitrogen functional groups attached to an aromatic ring is 2. The van der Waals surface area contributed by atoms with Crippen LogP contribution in [0.25, 0.3) is 0 Å². The van der Waals surface area contributed by atoms with E-state index in [0.29, 0.717) is 40.7 Å². The van der Waals surface area contributed by atoms with Gasteiger partial charge in [0.1, 0.15) is 11.7 Å². The number of anilines is 2. The van der Waals surface area contributed by atoms with Gasteiger partial charge in [-0.2, -0.15) is 9.98 Å². The average Bonchev–Trinajstić information content (AvgIpc) is 2.68. The maximum absolute atomic E-state index is 6.11. The molecule has 0 unspecified atom stereocenters. The molecule has 3 heterocycles. The number of nitrogens with zero attached hydrogens (tertiary/aromatic N) is 5. The second-order valence-electron chi connectivity index (χ2n) is 6.15. The molecule has 4 N–H and O–H groups in total. The van der Waals surface area contributed by atoms with Gasteiger partial charge in [0.2, 0.25) is 5.96 Å². The third-order valence-corrected chi connectivity index (χ3v) is 4.40. The summed E-state index contributed by atoms with van der Waals surface area (Å²) in [7, 11) is 0. The van der Waals surface area contributed by atoms with E-state index in [1.54, 1.807) is 0 Å². The molecule has 130 valence electrons. The van der Waals surface area contributed by atoms with Gasteiger partial charge < -0.3 is 11.5 Å². The summed E-state index contributed by atoms with van der Waals surface area (Å²) in [6, 6.07) is 15.0. The number of hydrogen-bond donors (Lipinski definition) is 2. The second-order valence-corrected chi connectivity index (χ2v) is 6.15. The third kappa shape index (κ3) is 2.44. The summed E-state index contributed by atoms with van der Waals surface area (Å²) in [6.07, 6.45) is 5.69. The molecule has 0 bridgehead atoms. The van der Waals surface area contributed by atoms with Crippen LogP contribution < -0.4 is 11.5 Å². The van der Waals surface area contributed by atoms with Crippen molar-refractivity contribution < 1.29 is 0 Å². The molecule has 0 atom stereocenters. The Morgan fingerprint density at radius 1 is 0.704 bits per heavy atom. The number of benzene rings is 2. The first-order valence-corrected chi connectivity index (χ1v) is 8.44. The van der Waals surface area contributed by atoms with E-state index >= 15 is 0 Å². The van der Waals surface area contributed by atoms with E-state index in [9.17, 15) is 0 Å². The minimum atomic E-state index is 0.488. The van der Waals surface area contributed by atoms with Crippen molar-refractivity contribution in [2.45, 2.75) is 0 Å². The van der Waals surface area contributed by atoms with Crippen LogP contribution in [0, 0.1) is 0 Å². The van der Waals surface area contributed by atoms with Crippen molar-refractivity contribution in [3.63, 3.8) is 0 Å². The molecule has 7 nitrogen and oxygen atoms in total. The molecule has 2 aromatic carbocycles. The van der Waals surface area contributed by atoms with E-state index in [4.69, 9.17) is 11.5 Å². The van der Waals surface area contributed by atoms with Crippen LogP contribution in [0.3, 0.4) is 0 Å². The number of hydrogen-bond acceptors (Lipinski definition) is 7. The van der Waals surface area contributed by atoms with E-state index in [2.05, 4.69) is 20.0 Å². The molecule has 0 fully saturated rings. The number of amidine groups is 3. The van der Waals surface area contributed by atoms with Crippen molar-refractivity contribution in [3.8, 4) is 0 Å². The molecule has 3 aliphatic heterocycles. The molecule has 0 aliphatic carbocycles. The van der Waals surface area contributed by atoms with Crippen molar-refractivity contribution in [3.05, 3.63) is 83.7 Å². The van der Waals surface area contributed by atoms with Gasteiger partial charge >= 0.3 is 0 Å². The van der Waals surface area contributed by atoms with Gasteiger partial charge in [-0.05, 0) is 36.4 Å². The van der Waals surface area contributed by atoms with Crippen LogP contribution in [0.1, 0.15) is 11.1 Å². The van der Waals surface area contributed by atoms with Crippen molar-refractivity contribution >= 4 is 34.8 Å². The zero-order valence-electron chi connectivity index (χ0n) is 14.2. The van der Waals surface area contributed by atoms with E-state index < -0.39 is 0 Å². The van der Waals surface area contributed by atoms with Gasteiger partial charge in [-0.15, -0.1) is 0 Å². The second kappa shape index (κ2) is 5.77. The third-order valence-electron chi connectivity index (χ3n) is 4.40. The van der Waals surface area contributed by atoms with E-state index in [-0.39, 0.29) is 0 Å². The number of nitrogens with two attached hydrogens (primary N) is 2. The van der Waals surface area contributed by atoms with Crippen molar-refractivity contribution in [2.75, 3.05) is 11.5 Å². The predicted octanol–water partition coefficient (Wildman–Crippen LogP) is 2.54. The zero-order valence-corrected chi connectivity index (χ0v) is 14.2. The molecule has 0 saturated heterocycles. The molecule has 7 heteroatoms. The largest absolute Gasteiger partial charge is 0.398 e. The summed E-state index contributed by atoms with van der Waals surface area (Å²) in [4.78, 5) is 20.4. The zero-order chi connectivity index (χ0) is 18.4. The quantitative estimate of drug-likeness (QED) is 0.811.